The zero-order valence-electron chi connectivity index (χ0n) is 8.39. The number of ketones is 1. The van der Waals surface area contributed by atoms with E-state index in [-0.39, 0.29) is 5.78 Å². The molecule has 0 fully saturated rings. The molecule has 74 valence electrons. The van der Waals surface area contributed by atoms with Crippen molar-refractivity contribution >= 4 is 11.9 Å². The summed E-state index contributed by atoms with van der Waals surface area (Å²) < 4.78 is 0. The van der Waals surface area contributed by atoms with Crippen LogP contribution in [-0.4, -0.2) is 5.78 Å². The Hall–Kier alpha value is -1.89. The van der Waals surface area contributed by atoms with Crippen LogP contribution in [0.3, 0.4) is 0 Å². The molecule has 0 amide bonds. The summed E-state index contributed by atoms with van der Waals surface area (Å²) in [5.41, 5.74) is 1.92. The maximum atomic E-state index is 11.6. The number of allylic oxidation sites excluding steroid dienone is 5. The van der Waals surface area contributed by atoms with Crippen molar-refractivity contribution in [2.24, 2.45) is 0 Å². The molecule has 15 heavy (non-hydrogen) atoms. The maximum Gasteiger partial charge on any atom is 0.182 e. The smallest absolute Gasteiger partial charge is 0.182 e. The van der Waals surface area contributed by atoms with E-state index in [0.29, 0.717) is 0 Å². The van der Waals surface area contributed by atoms with Crippen molar-refractivity contribution in [2.45, 2.75) is 6.42 Å². The topological polar surface area (TPSA) is 17.1 Å². The lowest BCUT2D eigenvalue weighted by Gasteiger charge is -1.94. The summed E-state index contributed by atoms with van der Waals surface area (Å²) in [5, 5.41) is 0. The molecule has 1 aromatic carbocycles. The predicted octanol–water partition coefficient (Wildman–Crippen LogP) is 3.16. The molecule has 0 unspecified atom stereocenters. The lowest BCUT2D eigenvalue weighted by Crippen LogP contribution is -1.94. The number of carbonyl (C=O) groups excluding carboxylic acids is 1. The van der Waals surface area contributed by atoms with Gasteiger partial charge < -0.3 is 0 Å². The molecule has 1 heteroatoms. The van der Waals surface area contributed by atoms with Crippen LogP contribution in [-0.2, 0) is 4.79 Å². The molecule has 1 aromatic rings. The van der Waals surface area contributed by atoms with E-state index in [1.807, 2.05) is 54.6 Å². The molecule has 0 saturated carbocycles. The number of hydrogen-bond acceptors (Lipinski definition) is 1. The third-order valence-electron chi connectivity index (χ3n) is 2.31. The molecular formula is C14H12O. The van der Waals surface area contributed by atoms with Gasteiger partial charge in [0.2, 0.25) is 0 Å². The highest BCUT2D eigenvalue weighted by molar-refractivity contribution is 6.07. The molecule has 2 rings (SSSR count). The molecule has 0 aliphatic heterocycles. The van der Waals surface area contributed by atoms with Gasteiger partial charge in [0.25, 0.3) is 0 Å². The first-order chi connectivity index (χ1) is 7.36. The Morgan fingerprint density at radius 2 is 2.00 bits per heavy atom. The Bertz CT molecular complexity index is 436. The second-order valence-electron chi connectivity index (χ2n) is 3.43. The highest BCUT2D eigenvalue weighted by atomic mass is 16.1. The van der Waals surface area contributed by atoms with E-state index in [2.05, 4.69) is 0 Å². The van der Waals surface area contributed by atoms with E-state index < -0.39 is 0 Å². The van der Waals surface area contributed by atoms with Gasteiger partial charge in [-0.3, -0.25) is 4.79 Å². The third kappa shape index (κ3) is 2.53. The first-order valence-electron chi connectivity index (χ1n) is 4.99. The summed E-state index contributed by atoms with van der Waals surface area (Å²) in [6.07, 6.45) is 10.0. The molecule has 0 aromatic heterocycles. The van der Waals surface area contributed by atoms with Crippen molar-refractivity contribution < 1.29 is 4.79 Å². The molecule has 0 spiro atoms. The molecule has 0 atom stereocenters. The Labute approximate surface area is 89.4 Å². The summed E-state index contributed by atoms with van der Waals surface area (Å²) in [7, 11) is 0. The number of hydrogen-bond donors (Lipinski definition) is 0. The standard InChI is InChI=1S/C14H12O/c15-14(13-8-4-5-9-13)11-10-12-6-2-1-3-7-12/h1-8,10-11H,9H2/b11-10+. The van der Waals surface area contributed by atoms with E-state index in [1.165, 1.54) is 0 Å². The summed E-state index contributed by atoms with van der Waals surface area (Å²) in [6, 6.07) is 9.83. The summed E-state index contributed by atoms with van der Waals surface area (Å²) in [5.74, 6) is 0.101. The first kappa shape index (κ1) is 9.66. The van der Waals surface area contributed by atoms with Crippen LogP contribution in [0.4, 0.5) is 0 Å². The lowest BCUT2D eigenvalue weighted by atomic mass is 10.1. The zero-order chi connectivity index (χ0) is 10.5. The summed E-state index contributed by atoms with van der Waals surface area (Å²) >= 11 is 0. The van der Waals surface area contributed by atoms with Crippen molar-refractivity contribution in [3.63, 3.8) is 0 Å². The minimum absolute atomic E-state index is 0.101. The third-order valence-corrected chi connectivity index (χ3v) is 2.31. The van der Waals surface area contributed by atoms with Gasteiger partial charge in [0, 0.05) is 5.57 Å². The van der Waals surface area contributed by atoms with Crippen molar-refractivity contribution in [1.29, 1.82) is 0 Å². The van der Waals surface area contributed by atoms with Gasteiger partial charge in [-0.1, -0.05) is 54.6 Å². The average molecular weight is 196 g/mol. The molecule has 0 radical (unpaired) electrons. The fourth-order valence-corrected chi connectivity index (χ4v) is 1.47. The van der Waals surface area contributed by atoms with Gasteiger partial charge in [0.1, 0.15) is 0 Å². The Morgan fingerprint density at radius 1 is 1.20 bits per heavy atom. The van der Waals surface area contributed by atoms with Gasteiger partial charge in [-0.15, -0.1) is 0 Å². The van der Waals surface area contributed by atoms with Crippen LogP contribution < -0.4 is 0 Å². The second-order valence-corrected chi connectivity index (χ2v) is 3.43. The van der Waals surface area contributed by atoms with E-state index in [4.69, 9.17) is 0 Å². The Morgan fingerprint density at radius 3 is 2.67 bits per heavy atom. The van der Waals surface area contributed by atoms with Gasteiger partial charge >= 0.3 is 0 Å². The Balaban J connectivity index is 2.03. The number of carbonyl (C=O) groups is 1. The summed E-state index contributed by atoms with van der Waals surface area (Å²) in [6.45, 7) is 0. The molecular weight excluding hydrogens is 184 g/mol. The monoisotopic (exact) mass is 196 g/mol. The normalized spacial score (nSPS) is 14.5. The quantitative estimate of drug-likeness (QED) is 0.679. The minimum Gasteiger partial charge on any atom is -0.290 e. The zero-order valence-corrected chi connectivity index (χ0v) is 8.39. The van der Waals surface area contributed by atoms with Crippen LogP contribution in [0.1, 0.15) is 12.0 Å². The van der Waals surface area contributed by atoms with E-state index in [1.54, 1.807) is 6.08 Å². The molecule has 1 aliphatic rings. The first-order valence-corrected chi connectivity index (χ1v) is 4.99. The molecule has 1 nitrogen and oxygen atoms in total. The van der Waals surface area contributed by atoms with E-state index >= 15 is 0 Å². The minimum atomic E-state index is 0.101. The van der Waals surface area contributed by atoms with Crippen LogP contribution >= 0.6 is 0 Å². The SMILES string of the molecule is O=C(/C=C/c1ccccc1)C1=CC=CC1. The van der Waals surface area contributed by atoms with Crippen molar-refractivity contribution in [1.82, 2.24) is 0 Å². The van der Waals surface area contributed by atoms with Crippen LogP contribution in [0.25, 0.3) is 6.08 Å². The fourth-order valence-electron chi connectivity index (χ4n) is 1.47. The van der Waals surface area contributed by atoms with Crippen molar-refractivity contribution in [2.75, 3.05) is 0 Å². The second kappa shape index (κ2) is 4.56. The maximum absolute atomic E-state index is 11.6. The molecule has 0 N–H and O–H groups in total. The summed E-state index contributed by atoms with van der Waals surface area (Å²) in [4.78, 5) is 11.6. The van der Waals surface area contributed by atoms with Crippen LogP contribution in [0.5, 0.6) is 0 Å². The van der Waals surface area contributed by atoms with E-state index in [0.717, 1.165) is 17.6 Å². The highest BCUT2D eigenvalue weighted by Gasteiger charge is 2.05. The van der Waals surface area contributed by atoms with Gasteiger partial charge in [-0.05, 0) is 18.1 Å². The average Bonchev–Trinajstić information content (AvgIpc) is 2.81. The van der Waals surface area contributed by atoms with Gasteiger partial charge in [0.05, 0.1) is 0 Å². The fraction of sp³-hybridized carbons (Fsp3) is 0.0714. The molecule has 0 saturated heterocycles. The highest BCUT2D eigenvalue weighted by Crippen LogP contribution is 2.12. The van der Waals surface area contributed by atoms with E-state index in [9.17, 15) is 4.79 Å². The molecule has 1 aliphatic carbocycles. The lowest BCUT2D eigenvalue weighted by molar-refractivity contribution is -0.111. The van der Waals surface area contributed by atoms with Crippen LogP contribution in [0.2, 0.25) is 0 Å². The molecule has 0 heterocycles. The van der Waals surface area contributed by atoms with Crippen molar-refractivity contribution in [3.05, 3.63) is 65.8 Å². The number of benzene rings is 1. The van der Waals surface area contributed by atoms with Crippen LogP contribution in [0, 0.1) is 0 Å². The van der Waals surface area contributed by atoms with Crippen molar-refractivity contribution in [3.8, 4) is 0 Å². The largest absolute Gasteiger partial charge is 0.290 e. The van der Waals surface area contributed by atoms with Gasteiger partial charge in [-0.25, -0.2) is 0 Å². The van der Waals surface area contributed by atoms with Crippen LogP contribution in [0.15, 0.2) is 60.2 Å². The van der Waals surface area contributed by atoms with Gasteiger partial charge in [0.15, 0.2) is 5.78 Å². The Kier molecular flexibility index (Phi) is 2.93. The predicted molar refractivity (Wildman–Crippen MR) is 62.3 cm³/mol. The number of rotatable bonds is 3. The molecule has 0 bridgehead atoms. The van der Waals surface area contributed by atoms with Gasteiger partial charge in [-0.2, -0.15) is 0 Å².